The zero-order valence-corrected chi connectivity index (χ0v) is 11.9. The van der Waals surface area contributed by atoms with Gasteiger partial charge in [-0.15, -0.1) is 11.3 Å². The van der Waals surface area contributed by atoms with Crippen LogP contribution in [0.1, 0.15) is 33.1 Å². The van der Waals surface area contributed by atoms with Gasteiger partial charge in [-0.3, -0.25) is 4.98 Å². The normalized spacial score (nSPS) is 13.7. The van der Waals surface area contributed by atoms with E-state index in [1.54, 1.807) is 16.5 Å². The lowest BCUT2D eigenvalue weighted by Gasteiger charge is -2.06. The van der Waals surface area contributed by atoms with Crippen LogP contribution in [0.25, 0.3) is 0 Å². The van der Waals surface area contributed by atoms with E-state index in [2.05, 4.69) is 16.4 Å². The van der Waals surface area contributed by atoms with Gasteiger partial charge in [0.15, 0.2) is 0 Å². The SMILES string of the molecule is Cc1ccc(O)c(CNCc2cc3c(s2)CCC3)n1. The molecule has 1 aliphatic carbocycles. The zero-order chi connectivity index (χ0) is 13.2. The monoisotopic (exact) mass is 274 g/mol. The predicted octanol–water partition coefficient (Wildman–Crippen LogP) is 2.94. The summed E-state index contributed by atoms with van der Waals surface area (Å²) in [5.74, 6) is 0.270. The molecule has 100 valence electrons. The van der Waals surface area contributed by atoms with Crippen LogP contribution >= 0.6 is 11.3 Å². The number of aryl methyl sites for hydroxylation is 3. The maximum absolute atomic E-state index is 9.73. The van der Waals surface area contributed by atoms with E-state index in [0.29, 0.717) is 6.54 Å². The van der Waals surface area contributed by atoms with Crippen LogP contribution in [0.3, 0.4) is 0 Å². The molecule has 2 aromatic rings. The van der Waals surface area contributed by atoms with E-state index in [-0.39, 0.29) is 5.75 Å². The summed E-state index contributed by atoms with van der Waals surface area (Å²) in [6.07, 6.45) is 3.81. The van der Waals surface area contributed by atoms with Crippen LogP contribution < -0.4 is 5.32 Å². The summed E-state index contributed by atoms with van der Waals surface area (Å²) in [5, 5.41) is 13.1. The van der Waals surface area contributed by atoms with Crippen LogP contribution in [0, 0.1) is 6.92 Å². The molecule has 0 fully saturated rings. The van der Waals surface area contributed by atoms with E-state index in [0.717, 1.165) is 17.9 Å². The second-order valence-electron chi connectivity index (χ2n) is 5.04. The largest absolute Gasteiger partial charge is 0.506 e. The van der Waals surface area contributed by atoms with Crippen LogP contribution in [-0.4, -0.2) is 10.1 Å². The molecule has 0 saturated heterocycles. The van der Waals surface area contributed by atoms with Crippen LogP contribution in [0.5, 0.6) is 5.75 Å². The first-order valence-corrected chi connectivity index (χ1v) is 7.50. The number of hydrogen-bond donors (Lipinski definition) is 2. The fourth-order valence-electron chi connectivity index (χ4n) is 2.52. The van der Waals surface area contributed by atoms with E-state index in [1.165, 1.54) is 24.1 Å². The minimum absolute atomic E-state index is 0.270. The quantitative estimate of drug-likeness (QED) is 0.901. The van der Waals surface area contributed by atoms with Gasteiger partial charge < -0.3 is 10.4 Å². The number of nitrogens with one attached hydrogen (secondary N) is 1. The van der Waals surface area contributed by atoms with Crippen LogP contribution in [0.2, 0.25) is 0 Å². The molecule has 4 heteroatoms. The van der Waals surface area contributed by atoms with Gasteiger partial charge in [0.25, 0.3) is 0 Å². The summed E-state index contributed by atoms with van der Waals surface area (Å²) >= 11 is 1.92. The van der Waals surface area contributed by atoms with Gasteiger partial charge in [0.1, 0.15) is 5.75 Å². The average molecular weight is 274 g/mol. The molecule has 19 heavy (non-hydrogen) atoms. The highest BCUT2D eigenvalue weighted by Gasteiger charge is 2.14. The van der Waals surface area contributed by atoms with Crippen molar-refractivity contribution in [2.75, 3.05) is 0 Å². The Morgan fingerprint density at radius 2 is 2.21 bits per heavy atom. The standard InChI is InChI=1S/C15H18N2OS/c1-10-5-6-14(18)13(17-10)9-16-8-12-7-11-3-2-4-15(11)19-12/h5-7,16,18H,2-4,8-9H2,1H3. The molecule has 0 radical (unpaired) electrons. The van der Waals surface area contributed by atoms with Gasteiger partial charge in [0.05, 0.1) is 5.69 Å². The molecule has 1 aliphatic rings. The molecule has 2 N–H and O–H groups in total. The predicted molar refractivity (Wildman–Crippen MR) is 77.5 cm³/mol. The lowest BCUT2D eigenvalue weighted by atomic mass is 10.2. The summed E-state index contributed by atoms with van der Waals surface area (Å²) in [6, 6.07) is 5.85. The third-order valence-corrected chi connectivity index (χ3v) is 4.72. The Morgan fingerprint density at radius 3 is 3.05 bits per heavy atom. The smallest absolute Gasteiger partial charge is 0.138 e. The van der Waals surface area contributed by atoms with Crippen LogP contribution in [0.4, 0.5) is 0 Å². The van der Waals surface area contributed by atoms with Crippen molar-refractivity contribution in [3.05, 3.63) is 44.9 Å². The number of pyridine rings is 1. The van der Waals surface area contributed by atoms with Crippen LogP contribution in [0.15, 0.2) is 18.2 Å². The molecule has 0 unspecified atom stereocenters. The number of fused-ring (bicyclic) bond motifs is 1. The second kappa shape index (κ2) is 5.31. The molecule has 0 spiro atoms. The molecule has 0 aliphatic heterocycles. The van der Waals surface area contributed by atoms with Crippen molar-refractivity contribution in [2.24, 2.45) is 0 Å². The number of hydrogen-bond acceptors (Lipinski definition) is 4. The average Bonchev–Trinajstić information content (AvgIpc) is 2.94. The van der Waals surface area contributed by atoms with E-state index >= 15 is 0 Å². The molecule has 3 nitrogen and oxygen atoms in total. The first-order valence-electron chi connectivity index (χ1n) is 6.69. The number of thiophene rings is 1. The topological polar surface area (TPSA) is 45.1 Å². The Balaban J connectivity index is 1.59. The highest BCUT2D eigenvalue weighted by molar-refractivity contribution is 7.12. The molecule has 2 heterocycles. The van der Waals surface area contributed by atoms with Crippen molar-refractivity contribution >= 4 is 11.3 Å². The summed E-state index contributed by atoms with van der Waals surface area (Å²) < 4.78 is 0. The molecule has 0 bridgehead atoms. The molecule has 0 amide bonds. The summed E-state index contributed by atoms with van der Waals surface area (Å²) in [5.41, 5.74) is 3.20. The molecule has 0 saturated carbocycles. The fraction of sp³-hybridized carbons (Fsp3) is 0.400. The molecule has 3 rings (SSSR count). The second-order valence-corrected chi connectivity index (χ2v) is 6.26. The number of rotatable bonds is 4. The molecular weight excluding hydrogens is 256 g/mol. The summed E-state index contributed by atoms with van der Waals surface area (Å²) in [6.45, 7) is 3.40. The number of aromatic nitrogens is 1. The summed E-state index contributed by atoms with van der Waals surface area (Å²) in [4.78, 5) is 7.29. The Bertz CT molecular complexity index is 570. The third kappa shape index (κ3) is 2.80. The van der Waals surface area contributed by atoms with Gasteiger partial charge in [-0.2, -0.15) is 0 Å². The highest BCUT2D eigenvalue weighted by Crippen LogP contribution is 2.30. The van der Waals surface area contributed by atoms with E-state index in [1.807, 2.05) is 24.3 Å². The van der Waals surface area contributed by atoms with Crippen molar-refractivity contribution in [2.45, 2.75) is 39.3 Å². The maximum Gasteiger partial charge on any atom is 0.138 e. The first kappa shape index (κ1) is 12.6. The lowest BCUT2D eigenvalue weighted by molar-refractivity contribution is 0.459. The van der Waals surface area contributed by atoms with Crippen molar-refractivity contribution in [3.8, 4) is 5.75 Å². The van der Waals surface area contributed by atoms with Gasteiger partial charge in [0, 0.05) is 28.5 Å². The fourth-order valence-corrected chi connectivity index (χ4v) is 3.75. The Hall–Kier alpha value is -1.39. The minimum Gasteiger partial charge on any atom is -0.506 e. The molecule has 2 aromatic heterocycles. The van der Waals surface area contributed by atoms with Gasteiger partial charge in [-0.05, 0) is 49.9 Å². The van der Waals surface area contributed by atoms with E-state index in [4.69, 9.17) is 0 Å². The van der Waals surface area contributed by atoms with Crippen molar-refractivity contribution < 1.29 is 5.11 Å². The van der Waals surface area contributed by atoms with Crippen molar-refractivity contribution in [1.29, 1.82) is 0 Å². The van der Waals surface area contributed by atoms with Gasteiger partial charge in [0.2, 0.25) is 0 Å². The highest BCUT2D eigenvalue weighted by atomic mass is 32.1. The third-order valence-electron chi connectivity index (χ3n) is 3.48. The van der Waals surface area contributed by atoms with Crippen molar-refractivity contribution in [3.63, 3.8) is 0 Å². The molecule has 0 atom stereocenters. The van der Waals surface area contributed by atoms with Crippen LogP contribution in [-0.2, 0) is 25.9 Å². The molecular formula is C15H18N2OS. The number of aromatic hydroxyl groups is 1. The van der Waals surface area contributed by atoms with Crippen molar-refractivity contribution in [1.82, 2.24) is 10.3 Å². The van der Waals surface area contributed by atoms with Gasteiger partial charge in [-0.25, -0.2) is 0 Å². The Labute approximate surface area is 117 Å². The van der Waals surface area contributed by atoms with E-state index in [9.17, 15) is 5.11 Å². The Morgan fingerprint density at radius 1 is 1.32 bits per heavy atom. The minimum atomic E-state index is 0.270. The number of nitrogens with zero attached hydrogens (tertiary/aromatic N) is 1. The zero-order valence-electron chi connectivity index (χ0n) is 11.1. The summed E-state index contributed by atoms with van der Waals surface area (Å²) in [7, 11) is 0. The van der Waals surface area contributed by atoms with E-state index < -0.39 is 0 Å². The Kier molecular flexibility index (Phi) is 3.53. The van der Waals surface area contributed by atoms with Gasteiger partial charge in [-0.1, -0.05) is 0 Å². The maximum atomic E-state index is 9.73. The van der Waals surface area contributed by atoms with Gasteiger partial charge >= 0.3 is 0 Å². The lowest BCUT2D eigenvalue weighted by Crippen LogP contribution is -2.13. The first-order chi connectivity index (χ1) is 9.22. The molecule has 0 aromatic carbocycles.